The summed E-state index contributed by atoms with van der Waals surface area (Å²) in [7, 11) is 0. The number of nitrogens with two attached hydrogens (primary N) is 1. The Hall–Kier alpha value is -1.49. The lowest BCUT2D eigenvalue weighted by Gasteiger charge is -2.27. The Balaban J connectivity index is 2.19. The van der Waals surface area contributed by atoms with Gasteiger partial charge in [-0.15, -0.1) is 0 Å². The van der Waals surface area contributed by atoms with Crippen LogP contribution in [0.1, 0.15) is 43.7 Å². The van der Waals surface area contributed by atoms with Crippen LogP contribution >= 0.6 is 0 Å². The van der Waals surface area contributed by atoms with Gasteiger partial charge in [-0.25, -0.2) is 8.78 Å². The van der Waals surface area contributed by atoms with Crippen molar-refractivity contribution >= 4 is 5.91 Å². The highest BCUT2D eigenvalue weighted by Crippen LogP contribution is 2.23. The largest absolute Gasteiger partial charge is 0.368 e. The van der Waals surface area contributed by atoms with Gasteiger partial charge in [-0.2, -0.15) is 0 Å². The zero-order chi connectivity index (χ0) is 13.8. The Morgan fingerprint density at radius 1 is 1.26 bits per heavy atom. The van der Waals surface area contributed by atoms with Gasteiger partial charge in [-0.05, 0) is 31.0 Å². The molecule has 1 aromatic carbocycles. The van der Waals surface area contributed by atoms with Gasteiger partial charge in [0.2, 0.25) is 5.91 Å². The summed E-state index contributed by atoms with van der Waals surface area (Å²) in [4.78, 5) is 11.5. The van der Waals surface area contributed by atoms with E-state index in [4.69, 9.17) is 5.73 Å². The van der Waals surface area contributed by atoms with Crippen molar-refractivity contribution in [3.8, 4) is 0 Å². The molecule has 0 aliphatic heterocycles. The fourth-order valence-corrected chi connectivity index (χ4v) is 2.57. The molecule has 3 nitrogen and oxygen atoms in total. The molecular weight excluding hydrogens is 250 g/mol. The number of carbonyl (C=O) groups is 1. The van der Waals surface area contributed by atoms with Crippen LogP contribution in [0.2, 0.25) is 0 Å². The first-order chi connectivity index (χ1) is 9.08. The first-order valence-corrected chi connectivity index (χ1v) is 6.58. The second kappa shape index (κ2) is 6.10. The normalized spacial score (nSPS) is 18.2. The van der Waals surface area contributed by atoms with Gasteiger partial charge >= 0.3 is 0 Å². The van der Waals surface area contributed by atoms with Gasteiger partial charge in [0, 0.05) is 11.6 Å². The maximum atomic E-state index is 13.7. The minimum atomic E-state index is -0.973. The Morgan fingerprint density at radius 3 is 2.58 bits per heavy atom. The van der Waals surface area contributed by atoms with Crippen molar-refractivity contribution in [1.29, 1.82) is 0 Å². The highest BCUT2D eigenvalue weighted by Gasteiger charge is 2.25. The molecule has 0 bridgehead atoms. The van der Waals surface area contributed by atoms with E-state index in [0.29, 0.717) is 0 Å². The van der Waals surface area contributed by atoms with E-state index >= 15 is 0 Å². The molecule has 0 heterocycles. The van der Waals surface area contributed by atoms with E-state index in [1.54, 1.807) is 0 Å². The molecular formula is C14H18F2N2O. The Bertz CT molecular complexity index is 459. The maximum absolute atomic E-state index is 13.7. The molecule has 1 fully saturated rings. The average Bonchev–Trinajstić information content (AvgIpc) is 2.40. The molecule has 0 spiro atoms. The Morgan fingerprint density at radius 2 is 1.95 bits per heavy atom. The van der Waals surface area contributed by atoms with Gasteiger partial charge < -0.3 is 5.73 Å². The molecule has 5 heteroatoms. The zero-order valence-electron chi connectivity index (χ0n) is 10.7. The molecule has 19 heavy (non-hydrogen) atoms. The molecule has 1 aromatic rings. The summed E-state index contributed by atoms with van der Waals surface area (Å²) in [6.45, 7) is 0. The molecule has 1 amide bonds. The molecule has 2 rings (SSSR count). The molecule has 104 valence electrons. The minimum absolute atomic E-state index is 0.0157. The molecule has 1 aliphatic rings. The first kappa shape index (κ1) is 13.9. The van der Waals surface area contributed by atoms with Crippen molar-refractivity contribution in [2.45, 2.75) is 44.2 Å². The highest BCUT2D eigenvalue weighted by molar-refractivity contribution is 5.81. The van der Waals surface area contributed by atoms with Crippen LogP contribution in [0.4, 0.5) is 8.78 Å². The number of hydrogen-bond donors (Lipinski definition) is 2. The molecule has 0 aromatic heterocycles. The minimum Gasteiger partial charge on any atom is -0.368 e. The molecule has 3 N–H and O–H groups in total. The van der Waals surface area contributed by atoms with Crippen LogP contribution in [0.5, 0.6) is 0 Å². The number of primary amides is 1. The third kappa shape index (κ3) is 3.50. The molecule has 0 radical (unpaired) electrons. The smallest absolute Gasteiger partial charge is 0.239 e. The van der Waals surface area contributed by atoms with Gasteiger partial charge in [-0.3, -0.25) is 10.1 Å². The van der Waals surface area contributed by atoms with Gasteiger partial charge in [0.05, 0.1) is 0 Å². The Kier molecular flexibility index (Phi) is 4.47. The van der Waals surface area contributed by atoms with E-state index in [-0.39, 0.29) is 11.6 Å². The van der Waals surface area contributed by atoms with Gasteiger partial charge in [0.1, 0.15) is 17.7 Å². The molecule has 1 aliphatic carbocycles. The predicted octanol–water partition coefficient (Wildman–Crippen LogP) is 2.41. The van der Waals surface area contributed by atoms with E-state index in [1.165, 1.54) is 6.42 Å². The standard InChI is InChI=1S/C14H18F2N2O/c15-9-6-7-12(16)11(8-9)13(14(17)19)18-10-4-2-1-3-5-10/h6-8,10,13,18H,1-5H2,(H2,17,19). The average molecular weight is 268 g/mol. The third-order valence-corrected chi connectivity index (χ3v) is 3.56. The molecule has 1 unspecified atom stereocenters. The fraction of sp³-hybridized carbons (Fsp3) is 0.500. The van der Waals surface area contributed by atoms with Crippen molar-refractivity contribution < 1.29 is 13.6 Å². The summed E-state index contributed by atoms with van der Waals surface area (Å²) in [6, 6.07) is 2.23. The summed E-state index contributed by atoms with van der Waals surface area (Å²) in [5.74, 6) is -1.88. The summed E-state index contributed by atoms with van der Waals surface area (Å²) < 4.78 is 26.9. The predicted molar refractivity (Wildman–Crippen MR) is 68.3 cm³/mol. The van der Waals surface area contributed by atoms with Gasteiger partial charge in [0.25, 0.3) is 0 Å². The number of carbonyl (C=O) groups excluding carboxylic acids is 1. The van der Waals surface area contributed by atoms with Gasteiger partial charge in [0.15, 0.2) is 0 Å². The summed E-state index contributed by atoms with van der Waals surface area (Å²) in [6.07, 6.45) is 5.19. The Labute approximate surface area is 111 Å². The van der Waals surface area contributed by atoms with E-state index in [0.717, 1.165) is 43.9 Å². The monoisotopic (exact) mass is 268 g/mol. The summed E-state index contributed by atoms with van der Waals surface area (Å²) in [5.41, 5.74) is 5.30. The van der Waals surface area contributed by atoms with E-state index in [9.17, 15) is 13.6 Å². The highest BCUT2D eigenvalue weighted by atomic mass is 19.1. The lowest BCUT2D eigenvalue weighted by atomic mass is 9.93. The van der Waals surface area contributed by atoms with Crippen molar-refractivity contribution in [3.05, 3.63) is 35.4 Å². The number of benzene rings is 1. The van der Waals surface area contributed by atoms with Crippen molar-refractivity contribution in [2.24, 2.45) is 5.73 Å². The fourth-order valence-electron chi connectivity index (χ4n) is 2.57. The molecule has 0 saturated heterocycles. The van der Waals surface area contributed by atoms with Crippen LogP contribution in [0.25, 0.3) is 0 Å². The lowest BCUT2D eigenvalue weighted by Crippen LogP contribution is -2.41. The van der Waals surface area contributed by atoms with Crippen molar-refractivity contribution in [1.82, 2.24) is 5.32 Å². The zero-order valence-corrected chi connectivity index (χ0v) is 10.7. The van der Waals surface area contributed by atoms with Crippen LogP contribution in [-0.2, 0) is 4.79 Å². The number of nitrogens with one attached hydrogen (secondary N) is 1. The second-order valence-corrected chi connectivity index (χ2v) is 5.00. The maximum Gasteiger partial charge on any atom is 0.239 e. The number of hydrogen-bond acceptors (Lipinski definition) is 2. The van der Waals surface area contributed by atoms with Crippen LogP contribution in [0.15, 0.2) is 18.2 Å². The van der Waals surface area contributed by atoms with Gasteiger partial charge in [-0.1, -0.05) is 19.3 Å². The van der Waals surface area contributed by atoms with Crippen LogP contribution < -0.4 is 11.1 Å². The quantitative estimate of drug-likeness (QED) is 0.881. The molecule has 1 saturated carbocycles. The van der Waals surface area contributed by atoms with E-state index < -0.39 is 23.6 Å². The molecule has 1 atom stereocenters. The lowest BCUT2D eigenvalue weighted by molar-refractivity contribution is -0.120. The number of rotatable bonds is 4. The summed E-state index contributed by atoms with van der Waals surface area (Å²) >= 11 is 0. The second-order valence-electron chi connectivity index (χ2n) is 5.00. The third-order valence-electron chi connectivity index (χ3n) is 3.56. The number of halogens is 2. The van der Waals surface area contributed by atoms with Crippen LogP contribution in [-0.4, -0.2) is 11.9 Å². The topological polar surface area (TPSA) is 55.1 Å². The van der Waals surface area contributed by atoms with Crippen LogP contribution in [0.3, 0.4) is 0 Å². The summed E-state index contributed by atoms with van der Waals surface area (Å²) in [5, 5.41) is 3.06. The first-order valence-electron chi connectivity index (χ1n) is 6.58. The van der Waals surface area contributed by atoms with E-state index in [2.05, 4.69) is 5.32 Å². The van der Waals surface area contributed by atoms with Crippen molar-refractivity contribution in [3.63, 3.8) is 0 Å². The van der Waals surface area contributed by atoms with E-state index in [1.807, 2.05) is 0 Å². The number of amides is 1. The SMILES string of the molecule is NC(=O)C(NC1CCCCC1)c1cc(F)ccc1F. The van der Waals surface area contributed by atoms with Crippen LogP contribution in [0, 0.1) is 11.6 Å². The van der Waals surface area contributed by atoms with Crippen molar-refractivity contribution in [2.75, 3.05) is 0 Å².